The van der Waals surface area contributed by atoms with Gasteiger partial charge in [0.2, 0.25) is 0 Å². The maximum Gasteiger partial charge on any atom is 0.109 e. The van der Waals surface area contributed by atoms with E-state index in [2.05, 4.69) is 65.7 Å². The van der Waals surface area contributed by atoms with E-state index >= 15 is 0 Å². The summed E-state index contributed by atoms with van der Waals surface area (Å²) in [6, 6.07) is 8.54. The van der Waals surface area contributed by atoms with Crippen LogP contribution in [-0.4, -0.2) is 18.1 Å². The van der Waals surface area contributed by atoms with Crippen molar-refractivity contribution in [2.24, 2.45) is 0 Å². The quantitative estimate of drug-likeness (QED) is 0.632. The standard InChI is InChI=1S/C13H14N2/c1-14-9-10-15-12-7-3-2-5-11(12)6-4-8-13(14)15/h2-7,9-10,13H,8H2,1H3. The molecule has 1 atom stereocenters. The number of para-hydroxylation sites is 1. The van der Waals surface area contributed by atoms with E-state index in [4.69, 9.17) is 0 Å². The van der Waals surface area contributed by atoms with Gasteiger partial charge in [0.1, 0.15) is 6.17 Å². The SMILES string of the molecule is CN1C=CN2c3ccccc3C=CCC12. The van der Waals surface area contributed by atoms with Crippen molar-refractivity contribution < 1.29 is 0 Å². The molecule has 76 valence electrons. The predicted molar refractivity (Wildman–Crippen MR) is 63.3 cm³/mol. The van der Waals surface area contributed by atoms with Crippen LogP contribution in [0, 0.1) is 0 Å². The normalized spacial score (nSPS) is 22.6. The third kappa shape index (κ3) is 1.25. The van der Waals surface area contributed by atoms with E-state index in [0.29, 0.717) is 6.17 Å². The number of nitrogens with zero attached hydrogens (tertiary/aromatic N) is 2. The Morgan fingerprint density at radius 3 is 3.00 bits per heavy atom. The molecule has 0 radical (unpaired) electrons. The first kappa shape index (κ1) is 8.60. The van der Waals surface area contributed by atoms with Crippen LogP contribution in [0.5, 0.6) is 0 Å². The highest BCUT2D eigenvalue weighted by Crippen LogP contribution is 2.32. The molecule has 2 aliphatic heterocycles. The van der Waals surface area contributed by atoms with E-state index in [0.717, 1.165) is 6.42 Å². The van der Waals surface area contributed by atoms with Crippen LogP contribution in [0.4, 0.5) is 5.69 Å². The van der Waals surface area contributed by atoms with E-state index in [1.54, 1.807) is 0 Å². The summed E-state index contributed by atoms with van der Waals surface area (Å²) in [7, 11) is 2.13. The van der Waals surface area contributed by atoms with Crippen molar-refractivity contribution in [2.45, 2.75) is 12.6 Å². The van der Waals surface area contributed by atoms with Gasteiger partial charge in [-0.1, -0.05) is 30.4 Å². The zero-order chi connectivity index (χ0) is 10.3. The topological polar surface area (TPSA) is 6.48 Å². The fourth-order valence-corrected chi connectivity index (χ4v) is 2.27. The molecule has 0 saturated heterocycles. The Hall–Kier alpha value is -1.70. The maximum absolute atomic E-state index is 2.34. The first-order chi connectivity index (χ1) is 7.36. The van der Waals surface area contributed by atoms with Gasteiger partial charge in [0.25, 0.3) is 0 Å². The van der Waals surface area contributed by atoms with E-state index in [9.17, 15) is 0 Å². The Balaban J connectivity index is 2.11. The zero-order valence-corrected chi connectivity index (χ0v) is 8.80. The Labute approximate surface area is 90.1 Å². The van der Waals surface area contributed by atoms with Gasteiger partial charge in [0, 0.05) is 31.6 Å². The zero-order valence-electron chi connectivity index (χ0n) is 8.80. The highest BCUT2D eigenvalue weighted by Gasteiger charge is 2.26. The molecule has 0 aromatic heterocycles. The second-order valence-corrected chi connectivity index (χ2v) is 4.05. The fourth-order valence-electron chi connectivity index (χ4n) is 2.27. The molecule has 1 unspecified atom stereocenters. The molecule has 0 bridgehead atoms. The first-order valence-corrected chi connectivity index (χ1v) is 5.30. The Morgan fingerprint density at radius 1 is 1.20 bits per heavy atom. The molecule has 2 aliphatic rings. The summed E-state index contributed by atoms with van der Waals surface area (Å²) in [4.78, 5) is 4.60. The summed E-state index contributed by atoms with van der Waals surface area (Å²) in [6.45, 7) is 0. The van der Waals surface area contributed by atoms with Gasteiger partial charge in [-0.3, -0.25) is 0 Å². The Morgan fingerprint density at radius 2 is 2.07 bits per heavy atom. The van der Waals surface area contributed by atoms with Crippen molar-refractivity contribution in [3.63, 3.8) is 0 Å². The monoisotopic (exact) mass is 198 g/mol. The summed E-state index contributed by atoms with van der Waals surface area (Å²) < 4.78 is 0. The Kier molecular flexibility index (Phi) is 1.81. The highest BCUT2D eigenvalue weighted by atomic mass is 15.4. The fraction of sp³-hybridized carbons (Fsp3) is 0.231. The largest absolute Gasteiger partial charge is 0.358 e. The van der Waals surface area contributed by atoms with Crippen molar-refractivity contribution in [3.8, 4) is 0 Å². The average molecular weight is 198 g/mol. The summed E-state index contributed by atoms with van der Waals surface area (Å²) >= 11 is 0. The molecule has 0 fully saturated rings. The molecule has 0 spiro atoms. The van der Waals surface area contributed by atoms with E-state index in [-0.39, 0.29) is 0 Å². The Bertz CT molecular complexity index is 434. The lowest BCUT2D eigenvalue weighted by molar-refractivity contribution is 0.361. The van der Waals surface area contributed by atoms with Gasteiger partial charge in [-0.2, -0.15) is 0 Å². The van der Waals surface area contributed by atoms with Crippen molar-refractivity contribution in [1.82, 2.24) is 4.90 Å². The second-order valence-electron chi connectivity index (χ2n) is 4.05. The molecule has 0 N–H and O–H groups in total. The third-order valence-electron chi connectivity index (χ3n) is 3.11. The highest BCUT2D eigenvalue weighted by molar-refractivity contribution is 5.71. The molecule has 2 nitrogen and oxygen atoms in total. The van der Waals surface area contributed by atoms with Crippen LogP contribution >= 0.6 is 0 Å². The van der Waals surface area contributed by atoms with Crippen LogP contribution in [0.3, 0.4) is 0 Å². The van der Waals surface area contributed by atoms with Gasteiger partial charge in [-0.25, -0.2) is 0 Å². The lowest BCUT2D eigenvalue weighted by atomic mass is 10.1. The van der Waals surface area contributed by atoms with Gasteiger partial charge in [-0.15, -0.1) is 0 Å². The minimum Gasteiger partial charge on any atom is -0.358 e. The minimum atomic E-state index is 0.449. The van der Waals surface area contributed by atoms with Crippen LogP contribution < -0.4 is 4.90 Å². The third-order valence-corrected chi connectivity index (χ3v) is 3.11. The molecular formula is C13H14N2. The number of hydrogen-bond donors (Lipinski definition) is 0. The van der Waals surface area contributed by atoms with Crippen molar-refractivity contribution >= 4 is 11.8 Å². The van der Waals surface area contributed by atoms with Crippen LogP contribution in [0.15, 0.2) is 42.7 Å². The van der Waals surface area contributed by atoms with Crippen LogP contribution in [0.25, 0.3) is 6.08 Å². The molecule has 1 aromatic carbocycles. The maximum atomic E-state index is 2.34. The summed E-state index contributed by atoms with van der Waals surface area (Å²) in [5, 5.41) is 0. The van der Waals surface area contributed by atoms with E-state index in [1.807, 2.05) is 0 Å². The number of hydrogen-bond acceptors (Lipinski definition) is 2. The van der Waals surface area contributed by atoms with Crippen molar-refractivity contribution in [3.05, 3.63) is 48.3 Å². The molecular weight excluding hydrogens is 184 g/mol. The number of anilines is 1. The summed E-state index contributed by atoms with van der Waals surface area (Å²) in [6.07, 6.45) is 10.3. The predicted octanol–water partition coefficient (Wildman–Crippen LogP) is 2.65. The molecule has 0 amide bonds. The van der Waals surface area contributed by atoms with Crippen LogP contribution in [0.1, 0.15) is 12.0 Å². The summed E-state index contributed by atoms with van der Waals surface area (Å²) in [5.41, 5.74) is 2.61. The van der Waals surface area contributed by atoms with Crippen molar-refractivity contribution in [2.75, 3.05) is 11.9 Å². The molecule has 1 aromatic rings. The van der Waals surface area contributed by atoms with Crippen LogP contribution in [0.2, 0.25) is 0 Å². The van der Waals surface area contributed by atoms with Gasteiger partial charge in [0.05, 0.1) is 0 Å². The van der Waals surface area contributed by atoms with Gasteiger partial charge in [0.15, 0.2) is 0 Å². The van der Waals surface area contributed by atoms with Gasteiger partial charge in [-0.05, 0) is 11.6 Å². The van der Waals surface area contributed by atoms with Crippen LogP contribution in [-0.2, 0) is 0 Å². The van der Waals surface area contributed by atoms with Gasteiger partial charge < -0.3 is 9.80 Å². The number of fused-ring (bicyclic) bond motifs is 3. The first-order valence-electron chi connectivity index (χ1n) is 5.30. The number of benzene rings is 1. The van der Waals surface area contributed by atoms with Gasteiger partial charge >= 0.3 is 0 Å². The minimum absolute atomic E-state index is 0.449. The number of rotatable bonds is 0. The summed E-state index contributed by atoms with van der Waals surface area (Å²) in [5.74, 6) is 0. The molecule has 2 heteroatoms. The molecule has 0 saturated carbocycles. The molecule has 3 rings (SSSR count). The lowest BCUT2D eigenvalue weighted by Crippen LogP contribution is -2.35. The smallest absolute Gasteiger partial charge is 0.109 e. The van der Waals surface area contributed by atoms with E-state index < -0.39 is 0 Å². The molecule has 0 aliphatic carbocycles. The molecule has 2 heterocycles. The van der Waals surface area contributed by atoms with E-state index in [1.165, 1.54) is 11.3 Å². The lowest BCUT2D eigenvalue weighted by Gasteiger charge is -2.29. The average Bonchev–Trinajstić information content (AvgIpc) is 2.53. The molecule has 15 heavy (non-hydrogen) atoms. The second kappa shape index (κ2) is 3.16. The van der Waals surface area contributed by atoms with Crippen molar-refractivity contribution in [1.29, 1.82) is 0 Å².